The van der Waals surface area contributed by atoms with Crippen molar-refractivity contribution in [2.75, 3.05) is 11.9 Å². The first kappa shape index (κ1) is 20.6. The van der Waals surface area contributed by atoms with Crippen LogP contribution in [0.4, 0.5) is 5.82 Å². The van der Waals surface area contributed by atoms with Gasteiger partial charge < -0.3 is 23.8 Å². The highest BCUT2D eigenvalue weighted by molar-refractivity contribution is 6.76. The number of hydrogen-bond acceptors (Lipinski definition) is 6. The third kappa shape index (κ3) is 5.21. The molecule has 0 radical (unpaired) electrons. The maximum absolute atomic E-state index is 11.2. The van der Waals surface area contributed by atoms with E-state index in [1.807, 2.05) is 22.8 Å². The fraction of sp³-hybridized carbons (Fsp3) is 0.421. The molecule has 0 unspecified atom stereocenters. The van der Waals surface area contributed by atoms with E-state index in [0.29, 0.717) is 31.3 Å². The summed E-state index contributed by atoms with van der Waals surface area (Å²) in [7, 11) is -1.17. The molecule has 3 heterocycles. The van der Waals surface area contributed by atoms with Gasteiger partial charge in [-0.1, -0.05) is 19.6 Å². The van der Waals surface area contributed by atoms with Gasteiger partial charge in [0.15, 0.2) is 0 Å². The molecule has 0 atom stereocenters. The van der Waals surface area contributed by atoms with Crippen LogP contribution < -0.4 is 5.32 Å². The van der Waals surface area contributed by atoms with Gasteiger partial charge in [-0.25, -0.2) is 4.98 Å². The normalized spacial score (nSPS) is 11.9. The van der Waals surface area contributed by atoms with E-state index >= 15 is 0 Å². The molecule has 0 fully saturated rings. The number of aldehydes is 1. The lowest BCUT2D eigenvalue weighted by Gasteiger charge is -2.16. The topological polar surface area (TPSA) is 82.2 Å². The van der Waals surface area contributed by atoms with Crippen LogP contribution in [0, 0.1) is 0 Å². The molecule has 0 saturated carbocycles. The number of nitrogens with one attached hydrogen (secondary N) is 1. The van der Waals surface area contributed by atoms with Crippen molar-refractivity contribution < 1.29 is 13.9 Å². The summed E-state index contributed by atoms with van der Waals surface area (Å²) in [6.07, 6.45) is 2.76. The second kappa shape index (κ2) is 8.89. The maximum Gasteiger partial charge on any atom is 0.226 e. The molecule has 9 heteroatoms. The molecule has 150 valence electrons. The Morgan fingerprint density at radius 3 is 2.86 bits per heavy atom. The van der Waals surface area contributed by atoms with Crippen LogP contribution in [0.3, 0.4) is 0 Å². The van der Waals surface area contributed by atoms with Crippen molar-refractivity contribution in [1.29, 1.82) is 0 Å². The molecule has 0 aliphatic rings. The van der Waals surface area contributed by atoms with Crippen molar-refractivity contribution in [3.05, 3.63) is 41.2 Å². The minimum Gasteiger partial charge on any atom is -0.467 e. The number of anilines is 1. The number of halogens is 1. The number of ether oxygens (including phenoxy) is 1. The monoisotopic (exact) mass is 420 g/mol. The van der Waals surface area contributed by atoms with Gasteiger partial charge in [0.1, 0.15) is 30.2 Å². The number of furan rings is 1. The Morgan fingerprint density at radius 2 is 2.18 bits per heavy atom. The van der Waals surface area contributed by atoms with Crippen LogP contribution in [-0.2, 0) is 29.2 Å². The third-order valence-electron chi connectivity index (χ3n) is 4.33. The first-order valence-electron chi connectivity index (χ1n) is 9.20. The first-order valence-corrected chi connectivity index (χ1v) is 13.3. The number of rotatable bonds is 10. The number of carbonyl (C=O) groups is 1. The molecular formula is C19H25ClN4O3Si. The van der Waals surface area contributed by atoms with Crippen LogP contribution in [0.1, 0.15) is 11.5 Å². The highest BCUT2D eigenvalue weighted by Gasteiger charge is 2.17. The number of carbonyl (C=O) groups excluding carboxylic acids is 1. The van der Waals surface area contributed by atoms with Crippen LogP contribution in [0.5, 0.6) is 0 Å². The van der Waals surface area contributed by atoms with Crippen molar-refractivity contribution >= 4 is 42.8 Å². The molecule has 7 nitrogen and oxygen atoms in total. The quantitative estimate of drug-likeness (QED) is 0.227. The molecule has 0 aliphatic heterocycles. The zero-order chi connectivity index (χ0) is 20.1. The van der Waals surface area contributed by atoms with E-state index in [4.69, 9.17) is 20.8 Å². The third-order valence-corrected chi connectivity index (χ3v) is 6.20. The Hall–Kier alpha value is -2.16. The van der Waals surface area contributed by atoms with Crippen LogP contribution in [0.25, 0.3) is 11.0 Å². The van der Waals surface area contributed by atoms with Crippen molar-refractivity contribution in [2.24, 2.45) is 0 Å². The van der Waals surface area contributed by atoms with Crippen LogP contribution in [-0.4, -0.2) is 35.5 Å². The van der Waals surface area contributed by atoms with Gasteiger partial charge in [0.25, 0.3) is 0 Å². The van der Waals surface area contributed by atoms with Gasteiger partial charge in [-0.15, -0.1) is 0 Å². The Morgan fingerprint density at radius 1 is 1.36 bits per heavy atom. The average molecular weight is 421 g/mol. The van der Waals surface area contributed by atoms with E-state index in [9.17, 15) is 4.79 Å². The summed E-state index contributed by atoms with van der Waals surface area (Å²) in [5.74, 6) is 1.38. The van der Waals surface area contributed by atoms with E-state index in [-0.39, 0.29) is 11.7 Å². The summed E-state index contributed by atoms with van der Waals surface area (Å²) in [5.41, 5.74) is 1.46. The fourth-order valence-electron chi connectivity index (χ4n) is 2.80. The van der Waals surface area contributed by atoms with Gasteiger partial charge >= 0.3 is 0 Å². The summed E-state index contributed by atoms with van der Waals surface area (Å²) < 4.78 is 13.1. The highest BCUT2D eigenvalue weighted by atomic mass is 35.5. The Bertz CT molecular complexity index is 935. The van der Waals surface area contributed by atoms with E-state index in [2.05, 4.69) is 34.9 Å². The summed E-state index contributed by atoms with van der Waals surface area (Å²) in [6.45, 7) is 8.40. The van der Waals surface area contributed by atoms with Gasteiger partial charge in [0.05, 0.1) is 18.2 Å². The van der Waals surface area contributed by atoms with Crippen LogP contribution >= 0.6 is 11.6 Å². The molecule has 28 heavy (non-hydrogen) atoms. The molecule has 1 N–H and O–H groups in total. The fourth-order valence-corrected chi connectivity index (χ4v) is 3.72. The summed E-state index contributed by atoms with van der Waals surface area (Å²) in [4.78, 5) is 19.8. The number of aromatic nitrogens is 3. The van der Waals surface area contributed by atoms with E-state index in [1.54, 1.807) is 6.26 Å². The molecule has 0 saturated heterocycles. The number of nitrogens with zero attached hydrogens (tertiary/aromatic N) is 3. The largest absolute Gasteiger partial charge is 0.467 e. The summed E-state index contributed by atoms with van der Waals surface area (Å²) in [6, 6.07) is 6.69. The van der Waals surface area contributed by atoms with Gasteiger partial charge in [-0.3, -0.25) is 0 Å². The second-order valence-corrected chi connectivity index (χ2v) is 13.8. The van der Waals surface area contributed by atoms with Gasteiger partial charge in [-0.05, 0) is 35.8 Å². The van der Waals surface area contributed by atoms with Crippen molar-refractivity contribution in [3.63, 3.8) is 0 Å². The average Bonchev–Trinajstić information content (AvgIpc) is 3.24. The smallest absolute Gasteiger partial charge is 0.226 e. The predicted octanol–water partition coefficient (Wildman–Crippen LogP) is 4.34. The molecule has 0 aromatic carbocycles. The minimum atomic E-state index is -1.17. The molecule has 0 aliphatic carbocycles. The molecule has 0 amide bonds. The van der Waals surface area contributed by atoms with Crippen molar-refractivity contribution in [1.82, 2.24) is 14.5 Å². The maximum atomic E-state index is 11.2. The van der Waals surface area contributed by atoms with Crippen molar-refractivity contribution in [3.8, 4) is 0 Å². The van der Waals surface area contributed by atoms with Gasteiger partial charge in [0.2, 0.25) is 5.28 Å². The second-order valence-electron chi connectivity index (χ2n) is 7.79. The van der Waals surface area contributed by atoms with Gasteiger partial charge in [0, 0.05) is 26.8 Å². The lowest BCUT2D eigenvalue weighted by molar-refractivity contribution is -0.107. The number of fused-ring (bicyclic) bond motifs is 1. The molecule has 0 bridgehead atoms. The Labute approximate surface area is 170 Å². The highest BCUT2D eigenvalue weighted by Crippen LogP contribution is 2.27. The lowest BCUT2D eigenvalue weighted by atomic mass is 10.3. The first-order chi connectivity index (χ1) is 13.4. The Kier molecular flexibility index (Phi) is 6.53. The molecule has 3 aromatic heterocycles. The van der Waals surface area contributed by atoms with Crippen molar-refractivity contribution in [2.45, 2.75) is 45.4 Å². The molecule has 3 rings (SSSR count). The van der Waals surface area contributed by atoms with E-state index < -0.39 is 8.07 Å². The predicted molar refractivity (Wildman–Crippen MR) is 112 cm³/mol. The summed E-state index contributed by atoms with van der Waals surface area (Å²) >= 11 is 6.16. The zero-order valence-corrected chi connectivity index (χ0v) is 18.1. The Balaban J connectivity index is 1.86. The van der Waals surface area contributed by atoms with E-state index in [1.165, 1.54) is 0 Å². The molecule has 3 aromatic rings. The lowest BCUT2D eigenvalue weighted by Crippen LogP contribution is -2.22. The van der Waals surface area contributed by atoms with Crippen LogP contribution in [0.15, 0.2) is 28.9 Å². The summed E-state index contributed by atoms with van der Waals surface area (Å²) in [5, 5.41) is 4.16. The zero-order valence-electron chi connectivity index (χ0n) is 16.4. The SMILES string of the molecule is C[Si](C)(C)CCOCn1c(CC=O)cc2c(NCc3ccco3)nc(Cl)nc21. The molecular weight excluding hydrogens is 396 g/mol. The van der Waals surface area contributed by atoms with Crippen LogP contribution in [0.2, 0.25) is 31.0 Å². The van der Waals surface area contributed by atoms with E-state index in [0.717, 1.165) is 29.2 Å². The number of hydrogen-bond donors (Lipinski definition) is 1. The standard InChI is InChI=1S/C19H25ClN4O3Si/c1-28(2,3)10-9-26-13-24-14(6-7-25)11-16-17(22-19(20)23-18(16)24)21-12-15-5-4-8-27-15/h4-5,7-8,11H,6,9-10,12-13H2,1-3H3,(H,21,22,23). The van der Waals surface area contributed by atoms with Gasteiger partial charge in [-0.2, -0.15) is 4.98 Å². The molecule has 0 spiro atoms. The minimum absolute atomic E-state index is 0.133.